The number of benzene rings is 3. The summed E-state index contributed by atoms with van der Waals surface area (Å²) < 4.78 is 0. The molecule has 1 unspecified atom stereocenters. The lowest BCUT2D eigenvalue weighted by Crippen LogP contribution is -2.60. The summed E-state index contributed by atoms with van der Waals surface area (Å²) in [6.45, 7) is 1.96. The minimum atomic E-state index is -1.36. The maximum Gasteiger partial charge on any atom is 0.243 e. The smallest absolute Gasteiger partial charge is 0.243 e. The fourth-order valence-corrected chi connectivity index (χ4v) is 7.35. The second-order valence-corrected chi connectivity index (χ2v) is 15.7. The van der Waals surface area contributed by atoms with Crippen LogP contribution in [0.5, 0.6) is 5.75 Å². The molecule has 0 aliphatic carbocycles. The normalized spacial score (nSPS) is 14.0. The molecule has 2 aromatic heterocycles. The number of phenolic OH excluding ortho intramolecular Hbond substituents is 1. The number of primary amides is 2. The SMILES string of the molecule is CCC(NC(=O)[C@H](Cc1ccc(O)cc1)NC(=O)[C@H](CCCCN)NC(=O)[C@H](Cc1c[nH]c2ccccc12)NC(=O)[C@H](Cc1c[nH]c2ccccc12)NC(=O)[C@H](N)CC(N)=O)C(N)=O. The van der Waals surface area contributed by atoms with Crippen LogP contribution in [-0.4, -0.2) is 99.2 Å². The highest BCUT2D eigenvalue weighted by atomic mass is 16.3. The van der Waals surface area contributed by atoms with Crippen molar-refractivity contribution in [2.45, 2.75) is 94.5 Å². The second-order valence-electron chi connectivity index (χ2n) is 15.7. The number of aromatic amines is 2. The van der Waals surface area contributed by atoms with Crippen molar-refractivity contribution < 1.29 is 38.7 Å². The maximum absolute atomic E-state index is 14.6. The van der Waals surface area contributed by atoms with Crippen LogP contribution in [0.2, 0.25) is 0 Å². The third-order valence-corrected chi connectivity index (χ3v) is 10.9. The molecular weight excluding hydrogens is 823 g/mol. The van der Waals surface area contributed by atoms with Gasteiger partial charge in [0.25, 0.3) is 0 Å². The number of fused-ring (bicyclic) bond motifs is 2. The van der Waals surface area contributed by atoms with E-state index >= 15 is 0 Å². The highest BCUT2D eigenvalue weighted by molar-refractivity contribution is 5.98. The average Bonchev–Trinajstić information content (AvgIpc) is 3.88. The highest BCUT2D eigenvalue weighted by Crippen LogP contribution is 2.22. The zero-order valence-corrected chi connectivity index (χ0v) is 35.5. The summed E-state index contributed by atoms with van der Waals surface area (Å²) in [5.74, 6) is -5.37. The molecule has 16 N–H and O–H groups in total. The third-order valence-electron chi connectivity index (χ3n) is 10.9. The van der Waals surface area contributed by atoms with Crippen molar-refractivity contribution in [3.05, 3.63) is 102 Å². The van der Waals surface area contributed by atoms with Gasteiger partial charge in [0.15, 0.2) is 0 Å². The Hall–Kier alpha value is -7.25. The number of aromatic hydroxyl groups is 1. The number of hydrogen-bond donors (Lipinski definition) is 12. The van der Waals surface area contributed by atoms with Gasteiger partial charge in [-0.2, -0.15) is 0 Å². The highest BCUT2D eigenvalue weighted by Gasteiger charge is 2.34. The van der Waals surface area contributed by atoms with E-state index in [2.05, 4.69) is 36.6 Å². The molecule has 0 aliphatic rings. The Morgan fingerprint density at radius 1 is 0.594 bits per heavy atom. The molecule has 0 saturated heterocycles. The molecule has 3 aromatic carbocycles. The standard InChI is InChI=1S/C45H57N11O8/c1-2-32(40(49)59)52-43(62)36(19-25-14-16-28(57)17-15-25)55-42(61)35(13-7-8-18-46)53-44(63)38(21-27-24-51-34-12-6-4-10-30(27)34)56-45(64)37(54-41(60)31(47)22-39(48)58)20-26-23-50-33-11-5-3-9-29(26)33/h3-6,9-12,14-17,23-24,31-32,35-38,50-51,57H,2,7-8,13,18-22,46-47H2,1H3,(H2,48,58)(H2,49,59)(H,52,62)(H,53,63)(H,54,60)(H,55,61)(H,56,64)/t31-,32?,35+,36+,37+,38+/m1/s1. The molecule has 0 spiro atoms. The van der Waals surface area contributed by atoms with E-state index in [-0.39, 0.29) is 37.9 Å². The van der Waals surface area contributed by atoms with E-state index in [9.17, 15) is 38.7 Å². The first kappa shape index (κ1) is 47.8. The van der Waals surface area contributed by atoms with Gasteiger partial charge in [0, 0.05) is 53.5 Å². The van der Waals surface area contributed by atoms with E-state index in [0.717, 1.165) is 21.8 Å². The molecule has 6 atom stereocenters. The molecule has 19 heteroatoms. The number of unbranched alkanes of at least 4 members (excludes halogenated alkanes) is 1. The van der Waals surface area contributed by atoms with Gasteiger partial charge in [-0.3, -0.25) is 33.6 Å². The number of nitrogens with one attached hydrogen (secondary N) is 7. The number of phenols is 1. The van der Waals surface area contributed by atoms with Gasteiger partial charge in [0.1, 0.15) is 36.0 Å². The topological polar surface area (TPSA) is 336 Å². The van der Waals surface area contributed by atoms with E-state index in [1.165, 1.54) is 12.1 Å². The molecular formula is C45H57N11O8. The van der Waals surface area contributed by atoms with Gasteiger partial charge in [-0.05, 0) is 73.2 Å². The van der Waals surface area contributed by atoms with Crippen molar-refractivity contribution in [2.75, 3.05) is 6.54 Å². The molecule has 0 bridgehead atoms. The fourth-order valence-electron chi connectivity index (χ4n) is 7.35. The summed E-state index contributed by atoms with van der Waals surface area (Å²) in [5.41, 5.74) is 26.0. The Bertz CT molecular complexity index is 2430. The van der Waals surface area contributed by atoms with E-state index < -0.39 is 84.0 Å². The van der Waals surface area contributed by atoms with Crippen LogP contribution in [0, 0.1) is 0 Å². The van der Waals surface area contributed by atoms with Crippen LogP contribution < -0.4 is 49.5 Å². The van der Waals surface area contributed by atoms with Crippen LogP contribution in [0.3, 0.4) is 0 Å². The number of carbonyl (C=O) groups is 7. The van der Waals surface area contributed by atoms with Crippen LogP contribution in [0.1, 0.15) is 55.7 Å². The maximum atomic E-state index is 14.6. The lowest BCUT2D eigenvalue weighted by Gasteiger charge is -2.27. The van der Waals surface area contributed by atoms with Crippen molar-refractivity contribution in [1.82, 2.24) is 36.6 Å². The number of hydrogen-bond acceptors (Lipinski definition) is 10. The number of para-hydroxylation sites is 2. The quantitative estimate of drug-likeness (QED) is 0.0369. The monoisotopic (exact) mass is 879 g/mol. The molecule has 5 aromatic rings. The lowest BCUT2D eigenvalue weighted by molar-refractivity contribution is -0.135. The van der Waals surface area contributed by atoms with E-state index in [1.807, 2.05) is 48.5 Å². The number of carbonyl (C=O) groups excluding carboxylic acids is 7. The zero-order valence-electron chi connectivity index (χ0n) is 35.5. The molecule has 19 nitrogen and oxygen atoms in total. The van der Waals surface area contributed by atoms with Crippen molar-refractivity contribution in [1.29, 1.82) is 0 Å². The molecule has 7 amide bonds. The van der Waals surface area contributed by atoms with Crippen LogP contribution in [0.25, 0.3) is 21.8 Å². The first-order valence-electron chi connectivity index (χ1n) is 21.1. The van der Waals surface area contributed by atoms with E-state index in [0.29, 0.717) is 36.1 Å². The lowest BCUT2D eigenvalue weighted by atomic mass is 10.00. The van der Waals surface area contributed by atoms with E-state index in [1.54, 1.807) is 31.5 Å². The number of rotatable bonds is 24. The second kappa shape index (κ2) is 22.7. The van der Waals surface area contributed by atoms with Gasteiger partial charge in [-0.25, -0.2) is 0 Å². The average molecular weight is 880 g/mol. The Balaban J connectivity index is 1.46. The number of amides is 7. The van der Waals surface area contributed by atoms with Gasteiger partial charge >= 0.3 is 0 Å². The molecule has 0 saturated carbocycles. The molecule has 64 heavy (non-hydrogen) atoms. The molecule has 0 radical (unpaired) electrons. The first-order chi connectivity index (χ1) is 30.7. The van der Waals surface area contributed by atoms with Gasteiger partial charge in [0.2, 0.25) is 41.4 Å². The number of H-pyrrole nitrogens is 2. The van der Waals surface area contributed by atoms with Gasteiger partial charge in [-0.15, -0.1) is 0 Å². The fraction of sp³-hybridized carbons (Fsp3) is 0.356. The summed E-state index contributed by atoms with van der Waals surface area (Å²) in [6.07, 6.45) is 3.94. The van der Waals surface area contributed by atoms with Gasteiger partial charge in [-0.1, -0.05) is 55.5 Å². The van der Waals surface area contributed by atoms with Crippen LogP contribution in [0.4, 0.5) is 0 Å². The number of nitrogens with two attached hydrogens (primary N) is 4. The Labute approximate surface area is 369 Å². The summed E-state index contributed by atoms with van der Waals surface area (Å²) >= 11 is 0. The summed E-state index contributed by atoms with van der Waals surface area (Å²) in [4.78, 5) is 100. The summed E-state index contributed by atoms with van der Waals surface area (Å²) in [7, 11) is 0. The molecule has 2 heterocycles. The Kier molecular flexibility index (Phi) is 17.0. The van der Waals surface area contributed by atoms with Crippen molar-refractivity contribution >= 4 is 63.2 Å². The minimum absolute atomic E-state index is 0.0103. The minimum Gasteiger partial charge on any atom is -0.508 e. The summed E-state index contributed by atoms with van der Waals surface area (Å²) in [6, 6.07) is 13.2. The van der Waals surface area contributed by atoms with Gasteiger partial charge in [0.05, 0.1) is 12.5 Å². The van der Waals surface area contributed by atoms with Crippen LogP contribution >= 0.6 is 0 Å². The van der Waals surface area contributed by atoms with Crippen molar-refractivity contribution in [3.8, 4) is 5.75 Å². The Morgan fingerprint density at radius 3 is 1.53 bits per heavy atom. The number of aromatic nitrogens is 2. The van der Waals surface area contributed by atoms with Crippen LogP contribution in [-0.2, 0) is 52.8 Å². The Morgan fingerprint density at radius 2 is 1.05 bits per heavy atom. The third kappa shape index (κ3) is 13.1. The van der Waals surface area contributed by atoms with Crippen molar-refractivity contribution in [2.24, 2.45) is 22.9 Å². The predicted molar refractivity (Wildman–Crippen MR) is 240 cm³/mol. The predicted octanol–water partition coefficient (Wildman–Crippen LogP) is 0.0337. The van der Waals surface area contributed by atoms with E-state index in [4.69, 9.17) is 22.9 Å². The molecule has 5 rings (SSSR count). The van der Waals surface area contributed by atoms with Crippen LogP contribution in [0.15, 0.2) is 85.2 Å². The molecule has 0 aliphatic heterocycles. The zero-order chi connectivity index (χ0) is 46.3. The largest absolute Gasteiger partial charge is 0.508 e. The molecule has 340 valence electrons. The summed E-state index contributed by atoms with van der Waals surface area (Å²) in [5, 5.41) is 25.0. The van der Waals surface area contributed by atoms with Gasteiger partial charge < -0.3 is 64.6 Å². The first-order valence-corrected chi connectivity index (χ1v) is 21.1. The van der Waals surface area contributed by atoms with Crippen molar-refractivity contribution in [3.63, 3.8) is 0 Å². The molecule has 0 fully saturated rings.